The molecular formula is C20H23N3O5S. The second-order valence-corrected chi connectivity index (χ2v) is 10.1. The number of hydrogen-bond acceptors (Lipinski definition) is 6. The minimum atomic E-state index is -3.66. The van der Waals surface area contributed by atoms with Gasteiger partial charge in [0.2, 0.25) is 0 Å². The maximum absolute atomic E-state index is 13.1. The fraction of sp³-hybridized carbons (Fsp3) is 0.300. The van der Waals surface area contributed by atoms with Crippen molar-refractivity contribution in [3.8, 4) is 17.0 Å². The Morgan fingerprint density at radius 2 is 1.90 bits per heavy atom. The molecule has 3 aromatic rings. The lowest BCUT2D eigenvalue weighted by atomic mass is 10.1. The predicted molar refractivity (Wildman–Crippen MR) is 110 cm³/mol. The van der Waals surface area contributed by atoms with Crippen molar-refractivity contribution in [1.82, 2.24) is 9.38 Å². The molecule has 154 valence electrons. The van der Waals surface area contributed by atoms with Crippen molar-refractivity contribution in [3.63, 3.8) is 0 Å². The average Bonchev–Trinajstić information content (AvgIpc) is 3.09. The molecule has 0 saturated heterocycles. The highest BCUT2D eigenvalue weighted by atomic mass is 32.2. The van der Waals surface area contributed by atoms with Crippen molar-refractivity contribution in [1.29, 1.82) is 0 Å². The Morgan fingerprint density at radius 1 is 1.17 bits per heavy atom. The summed E-state index contributed by atoms with van der Waals surface area (Å²) in [5, 5.41) is 2.61. The zero-order valence-electron chi connectivity index (χ0n) is 16.9. The summed E-state index contributed by atoms with van der Waals surface area (Å²) in [5.41, 5.74) is 2.49. The largest absolute Gasteiger partial charge is 0.495 e. The molecule has 9 heteroatoms. The van der Waals surface area contributed by atoms with E-state index in [1.54, 1.807) is 55.6 Å². The van der Waals surface area contributed by atoms with Gasteiger partial charge in [-0.3, -0.25) is 9.72 Å². The van der Waals surface area contributed by atoms with Crippen molar-refractivity contribution in [2.45, 2.75) is 30.4 Å². The summed E-state index contributed by atoms with van der Waals surface area (Å²) in [7, 11) is -0.946. The first kappa shape index (κ1) is 20.7. The lowest BCUT2D eigenvalue weighted by Crippen LogP contribution is -2.28. The lowest BCUT2D eigenvalue weighted by Gasteiger charge is -2.21. The summed E-state index contributed by atoms with van der Waals surface area (Å²) in [6.07, 6.45) is 2.58. The number of amides is 1. The third-order valence-electron chi connectivity index (χ3n) is 4.48. The predicted octanol–water partition coefficient (Wildman–Crippen LogP) is 3.76. The number of anilines is 1. The minimum Gasteiger partial charge on any atom is -0.495 e. The molecule has 1 amide bonds. The molecule has 0 spiro atoms. The fourth-order valence-electron chi connectivity index (χ4n) is 2.82. The average molecular weight is 417 g/mol. The Morgan fingerprint density at radius 3 is 2.52 bits per heavy atom. The molecule has 0 aliphatic carbocycles. The van der Waals surface area contributed by atoms with Crippen LogP contribution in [-0.2, 0) is 14.6 Å². The number of fused-ring (bicyclic) bond motifs is 1. The molecule has 0 saturated carbocycles. The smallest absolute Gasteiger partial charge is 0.411 e. The van der Waals surface area contributed by atoms with Crippen molar-refractivity contribution in [2.75, 3.05) is 19.5 Å². The van der Waals surface area contributed by atoms with Crippen LogP contribution >= 0.6 is 0 Å². The molecule has 29 heavy (non-hydrogen) atoms. The van der Waals surface area contributed by atoms with Crippen LogP contribution in [0, 0.1) is 0 Å². The van der Waals surface area contributed by atoms with Gasteiger partial charge in [0.05, 0.1) is 30.9 Å². The van der Waals surface area contributed by atoms with Crippen LogP contribution in [-0.4, -0.2) is 42.9 Å². The molecule has 0 bridgehead atoms. The number of imidazole rings is 1. The van der Waals surface area contributed by atoms with Gasteiger partial charge in [-0.1, -0.05) is 12.1 Å². The monoisotopic (exact) mass is 417 g/mol. The van der Waals surface area contributed by atoms with Gasteiger partial charge >= 0.3 is 6.09 Å². The third kappa shape index (κ3) is 3.77. The number of hydrogen-bond donors (Lipinski definition) is 1. The topological polar surface area (TPSA) is 99.0 Å². The van der Waals surface area contributed by atoms with Crippen LogP contribution in [0.25, 0.3) is 16.9 Å². The van der Waals surface area contributed by atoms with E-state index in [-0.39, 0.29) is 10.6 Å². The third-order valence-corrected chi connectivity index (χ3v) is 6.98. The van der Waals surface area contributed by atoms with E-state index in [2.05, 4.69) is 15.0 Å². The molecule has 8 nitrogen and oxygen atoms in total. The molecule has 2 heterocycles. The number of nitrogens with one attached hydrogen (secondary N) is 1. The van der Waals surface area contributed by atoms with E-state index >= 15 is 0 Å². The Labute approximate surface area is 169 Å². The molecule has 0 fully saturated rings. The molecular weight excluding hydrogens is 394 g/mol. The van der Waals surface area contributed by atoms with E-state index in [9.17, 15) is 13.2 Å². The van der Waals surface area contributed by atoms with Crippen molar-refractivity contribution in [2.24, 2.45) is 0 Å². The highest BCUT2D eigenvalue weighted by Gasteiger charge is 2.34. The van der Waals surface area contributed by atoms with Gasteiger partial charge in [0.25, 0.3) is 0 Å². The number of carbonyl (C=O) groups is 1. The van der Waals surface area contributed by atoms with Gasteiger partial charge in [-0.15, -0.1) is 0 Å². The first-order valence-corrected chi connectivity index (χ1v) is 10.3. The van der Waals surface area contributed by atoms with E-state index in [0.717, 1.165) is 5.56 Å². The summed E-state index contributed by atoms with van der Waals surface area (Å²) in [5.74, 6) is 0.241. The number of sulfone groups is 1. The first-order chi connectivity index (χ1) is 13.6. The zero-order chi connectivity index (χ0) is 21.4. The lowest BCUT2D eigenvalue weighted by molar-refractivity contribution is 0.187. The van der Waals surface area contributed by atoms with Gasteiger partial charge in [-0.05, 0) is 32.9 Å². The second-order valence-electron chi connectivity index (χ2n) is 7.39. The number of pyridine rings is 1. The minimum absolute atomic E-state index is 0.0862. The van der Waals surface area contributed by atoms with E-state index in [4.69, 9.17) is 4.74 Å². The van der Waals surface area contributed by atoms with Gasteiger partial charge in [0.1, 0.15) is 16.3 Å². The fourth-order valence-corrected chi connectivity index (χ4v) is 4.13. The number of methoxy groups -OCH3 is 2. The quantitative estimate of drug-likeness (QED) is 0.694. The zero-order valence-corrected chi connectivity index (χ0v) is 17.7. The number of nitrogens with zero attached hydrogens (tertiary/aromatic N) is 2. The Hall–Kier alpha value is -3.07. The van der Waals surface area contributed by atoms with Crippen LogP contribution in [0.15, 0.2) is 47.6 Å². The number of ether oxygens (including phenoxy) is 2. The van der Waals surface area contributed by atoms with Gasteiger partial charge in [-0.25, -0.2) is 18.2 Å². The molecule has 0 unspecified atom stereocenters. The maximum Gasteiger partial charge on any atom is 0.411 e. The van der Waals surface area contributed by atoms with E-state index in [1.807, 2.05) is 6.07 Å². The number of aromatic nitrogens is 2. The molecule has 1 N–H and O–H groups in total. The van der Waals surface area contributed by atoms with Gasteiger partial charge in [0, 0.05) is 23.5 Å². The van der Waals surface area contributed by atoms with Crippen molar-refractivity contribution >= 4 is 27.3 Å². The second kappa shape index (κ2) is 7.40. The highest BCUT2D eigenvalue weighted by molar-refractivity contribution is 7.92. The van der Waals surface area contributed by atoms with Crippen molar-refractivity contribution < 1.29 is 22.7 Å². The van der Waals surface area contributed by atoms with E-state index < -0.39 is 20.7 Å². The maximum atomic E-state index is 13.1. The normalized spacial score (nSPS) is 12.0. The first-order valence-electron chi connectivity index (χ1n) is 8.83. The summed E-state index contributed by atoms with van der Waals surface area (Å²) in [4.78, 5) is 15.9. The Kier molecular flexibility index (Phi) is 5.27. The van der Waals surface area contributed by atoms with Gasteiger partial charge in [0.15, 0.2) is 9.84 Å². The highest BCUT2D eigenvalue weighted by Crippen LogP contribution is 2.34. The number of carbonyl (C=O) groups excluding carboxylic acids is 1. The molecule has 1 aromatic carbocycles. The van der Waals surface area contributed by atoms with Crippen LogP contribution in [0.4, 0.5) is 10.5 Å². The number of rotatable bonds is 4. The number of benzene rings is 1. The summed E-state index contributed by atoms with van der Waals surface area (Å²) < 4.78 is 36.8. The standard InChI is InChI=1S/C20H23N3O5S/c1-20(2,3)29(25,26)17-12-23-15(11-21-18(23)10-16(17)27-4)13-7-6-8-14(9-13)22-19(24)28-5/h6-12H,1-5H3,(H,22,24). The molecule has 0 aliphatic rings. The molecule has 0 aliphatic heterocycles. The van der Waals surface area contributed by atoms with E-state index in [0.29, 0.717) is 17.0 Å². The van der Waals surface area contributed by atoms with Crippen LogP contribution in [0.2, 0.25) is 0 Å². The summed E-state index contributed by atoms with van der Waals surface area (Å²) in [6, 6.07) is 8.69. The van der Waals surface area contributed by atoms with Crippen molar-refractivity contribution in [3.05, 3.63) is 42.7 Å². The molecule has 0 radical (unpaired) electrons. The molecule has 0 atom stereocenters. The Bertz CT molecular complexity index is 1180. The summed E-state index contributed by atoms with van der Waals surface area (Å²) >= 11 is 0. The molecule has 3 rings (SSSR count). The van der Waals surface area contributed by atoms with E-state index in [1.165, 1.54) is 20.4 Å². The van der Waals surface area contributed by atoms with Crippen LogP contribution in [0.1, 0.15) is 20.8 Å². The Balaban J connectivity index is 2.18. The van der Waals surface area contributed by atoms with Crippen LogP contribution < -0.4 is 10.1 Å². The van der Waals surface area contributed by atoms with Crippen LogP contribution in [0.5, 0.6) is 5.75 Å². The molecule has 2 aromatic heterocycles. The van der Waals surface area contributed by atoms with Crippen LogP contribution in [0.3, 0.4) is 0 Å². The summed E-state index contributed by atoms with van der Waals surface area (Å²) in [6.45, 7) is 4.92. The van der Waals surface area contributed by atoms with Gasteiger partial charge in [-0.2, -0.15) is 0 Å². The van der Waals surface area contributed by atoms with Gasteiger partial charge < -0.3 is 9.47 Å². The SMILES string of the molecule is COC(=O)Nc1cccc(-c2cnc3cc(OC)c(S(=O)(=O)C(C)(C)C)cn23)c1.